The summed E-state index contributed by atoms with van der Waals surface area (Å²) in [4.78, 5) is 40.3. The number of piperazine rings is 1. The molecule has 1 fully saturated rings. The van der Waals surface area contributed by atoms with E-state index in [-0.39, 0.29) is 28.2 Å². The Balaban J connectivity index is 1.04. The van der Waals surface area contributed by atoms with Crippen LogP contribution in [0.15, 0.2) is 64.1 Å². The van der Waals surface area contributed by atoms with E-state index in [4.69, 9.17) is 5.73 Å². The fourth-order valence-electron chi connectivity index (χ4n) is 5.60. The molecule has 12 heteroatoms. The number of amides is 1. The predicted molar refractivity (Wildman–Crippen MR) is 162 cm³/mol. The van der Waals surface area contributed by atoms with Crippen molar-refractivity contribution < 1.29 is 9.18 Å². The van der Waals surface area contributed by atoms with E-state index in [0.29, 0.717) is 36.2 Å². The van der Waals surface area contributed by atoms with Gasteiger partial charge < -0.3 is 25.9 Å². The number of carbonyl (C=O) groups is 1. The van der Waals surface area contributed by atoms with Gasteiger partial charge in [0.1, 0.15) is 17.2 Å². The second-order valence-corrected chi connectivity index (χ2v) is 10.9. The third-order valence-corrected chi connectivity index (χ3v) is 8.10. The maximum atomic E-state index is 14.5. The molecule has 1 saturated heterocycles. The van der Waals surface area contributed by atoms with Crippen LogP contribution in [0, 0.1) is 5.82 Å². The molecule has 0 spiro atoms. The molecule has 5 N–H and O–H groups in total. The van der Waals surface area contributed by atoms with Crippen LogP contribution in [0.25, 0.3) is 33.3 Å². The number of hydrogen-bond acceptors (Lipinski definition) is 8. The number of benzene rings is 2. The number of carbonyl (C=O) groups excluding carboxylic acids is 1. The second-order valence-electron chi connectivity index (χ2n) is 10.9. The van der Waals surface area contributed by atoms with Crippen LogP contribution in [0.5, 0.6) is 0 Å². The Kier molecular flexibility index (Phi) is 7.46. The van der Waals surface area contributed by atoms with Crippen LogP contribution >= 0.6 is 0 Å². The molecule has 4 aromatic rings. The number of aromatic amines is 2. The molecule has 4 heterocycles. The van der Waals surface area contributed by atoms with Gasteiger partial charge in [-0.05, 0) is 43.2 Å². The Hall–Kier alpha value is -4.58. The van der Waals surface area contributed by atoms with Crippen molar-refractivity contribution in [3.63, 3.8) is 0 Å². The number of imidazole rings is 1. The first kappa shape index (κ1) is 27.6. The molecule has 0 atom stereocenters. The van der Waals surface area contributed by atoms with Crippen LogP contribution < -0.4 is 21.5 Å². The first-order chi connectivity index (χ1) is 20.4. The third-order valence-electron chi connectivity index (χ3n) is 8.10. The van der Waals surface area contributed by atoms with Crippen LogP contribution in [0.3, 0.4) is 0 Å². The number of nitrogens with zero attached hydrogens (tertiary/aromatic N) is 5. The number of aromatic nitrogens is 3. The lowest BCUT2D eigenvalue weighted by Crippen LogP contribution is -2.48. The van der Waals surface area contributed by atoms with Crippen molar-refractivity contribution in [1.82, 2.24) is 25.2 Å². The highest BCUT2D eigenvalue weighted by Crippen LogP contribution is 2.37. The first-order valence-electron chi connectivity index (χ1n) is 14.2. The van der Waals surface area contributed by atoms with Crippen LogP contribution in [0.4, 0.5) is 15.8 Å². The highest BCUT2D eigenvalue weighted by Gasteiger charge is 2.39. The Bertz CT molecular complexity index is 1730. The number of fused-ring (bicyclic) bond motifs is 2. The number of halogens is 1. The lowest BCUT2D eigenvalue weighted by molar-refractivity contribution is -0.121. The van der Waals surface area contributed by atoms with Gasteiger partial charge in [-0.1, -0.05) is 12.1 Å². The number of nitrogens with two attached hydrogens (primary N) is 1. The molecule has 1 amide bonds. The van der Waals surface area contributed by atoms with Gasteiger partial charge in [0.05, 0.1) is 27.6 Å². The Morgan fingerprint density at radius 1 is 1.12 bits per heavy atom. The summed E-state index contributed by atoms with van der Waals surface area (Å²) in [6.07, 6.45) is 4.60. The average Bonchev–Trinajstić information content (AvgIpc) is 3.64. The summed E-state index contributed by atoms with van der Waals surface area (Å²) in [5.74, 6) is -0.170. The van der Waals surface area contributed by atoms with Gasteiger partial charge in [0, 0.05) is 57.8 Å². The van der Waals surface area contributed by atoms with Gasteiger partial charge in [-0.2, -0.15) is 10.2 Å². The molecule has 0 radical (unpaired) electrons. The highest BCUT2D eigenvalue weighted by atomic mass is 19.1. The molecule has 0 bridgehead atoms. The number of anilines is 2. The van der Waals surface area contributed by atoms with Gasteiger partial charge in [-0.3, -0.25) is 14.5 Å². The third kappa shape index (κ3) is 5.62. The molecule has 2 aromatic heterocycles. The van der Waals surface area contributed by atoms with Crippen molar-refractivity contribution >= 4 is 39.2 Å². The largest absolute Gasteiger partial charge is 0.397 e. The van der Waals surface area contributed by atoms with E-state index in [1.165, 1.54) is 12.1 Å². The topological polar surface area (TPSA) is 148 Å². The van der Waals surface area contributed by atoms with E-state index < -0.39 is 11.4 Å². The van der Waals surface area contributed by atoms with Crippen molar-refractivity contribution in [1.29, 1.82) is 0 Å². The summed E-state index contributed by atoms with van der Waals surface area (Å²) < 4.78 is 14.5. The minimum atomic E-state index is -0.503. The molecule has 42 heavy (non-hydrogen) atoms. The molecule has 2 aromatic carbocycles. The summed E-state index contributed by atoms with van der Waals surface area (Å²) in [7, 11) is 0. The summed E-state index contributed by atoms with van der Waals surface area (Å²) in [6.45, 7) is 8.56. The van der Waals surface area contributed by atoms with Crippen LogP contribution in [-0.4, -0.2) is 70.7 Å². The van der Waals surface area contributed by atoms with E-state index in [1.54, 1.807) is 6.07 Å². The van der Waals surface area contributed by atoms with Crippen molar-refractivity contribution in [2.75, 3.05) is 49.9 Å². The number of pyridine rings is 1. The fraction of sp³-hybridized carbons (Fsp3) is 0.367. The van der Waals surface area contributed by atoms with Gasteiger partial charge in [-0.15, -0.1) is 6.58 Å². The minimum absolute atomic E-state index is 0.0358. The standard InChI is InChI=1S/C30H34FN9O2/c1-2-3-10-30(37-38-30)11-9-24(41)33-12-13-39-14-16-40(17-15-39)19-7-8-21-23(18-19)35-28(34-21)26-27(32)25-20(31)5-4-6-22(25)36-29(26)42/h2,4-8,18H,1,3,9-17H2,(H,33,41)(H,34,35)(H3,32,36,42). The summed E-state index contributed by atoms with van der Waals surface area (Å²) in [5, 5.41) is 11.4. The van der Waals surface area contributed by atoms with E-state index >= 15 is 0 Å². The van der Waals surface area contributed by atoms with Crippen molar-refractivity contribution in [2.45, 2.75) is 31.3 Å². The van der Waals surface area contributed by atoms with E-state index in [1.807, 2.05) is 24.3 Å². The van der Waals surface area contributed by atoms with Gasteiger partial charge in [0.25, 0.3) is 5.56 Å². The SMILES string of the molecule is C=CCCC1(CCC(=O)NCCN2CCN(c3ccc4nc(-c5c(N)c6c(F)cccc6[nH]c5=O)[nH]c4c3)CC2)N=N1. The number of nitrogen functional groups attached to an aromatic ring is 1. The van der Waals surface area contributed by atoms with Gasteiger partial charge >= 0.3 is 0 Å². The molecule has 0 aliphatic carbocycles. The maximum Gasteiger partial charge on any atom is 0.261 e. The molecule has 0 unspecified atom stereocenters. The lowest BCUT2D eigenvalue weighted by atomic mass is 10.0. The molecule has 218 valence electrons. The van der Waals surface area contributed by atoms with Crippen LogP contribution in [-0.2, 0) is 4.79 Å². The molecule has 2 aliphatic heterocycles. The summed E-state index contributed by atoms with van der Waals surface area (Å²) >= 11 is 0. The Morgan fingerprint density at radius 3 is 2.69 bits per heavy atom. The number of hydrogen-bond donors (Lipinski definition) is 4. The smallest absolute Gasteiger partial charge is 0.261 e. The zero-order chi connectivity index (χ0) is 29.3. The first-order valence-corrected chi connectivity index (χ1v) is 14.2. The van der Waals surface area contributed by atoms with E-state index in [0.717, 1.165) is 56.8 Å². The Labute approximate surface area is 241 Å². The molecular formula is C30H34FN9O2. The molecular weight excluding hydrogens is 537 g/mol. The van der Waals surface area contributed by atoms with Crippen molar-refractivity contribution in [3.05, 3.63) is 65.2 Å². The molecule has 6 rings (SSSR count). The minimum Gasteiger partial charge on any atom is -0.397 e. The van der Waals surface area contributed by atoms with Gasteiger partial charge in [-0.25, -0.2) is 9.37 Å². The quantitative estimate of drug-likeness (QED) is 0.201. The highest BCUT2D eigenvalue weighted by molar-refractivity contribution is 5.98. The second kappa shape index (κ2) is 11.4. The maximum absolute atomic E-state index is 14.5. The van der Waals surface area contributed by atoms with Crippen LogP contribution in [0.2, 0.25) is 0 Å². The normalized spacial score (nSPS) is 16.3. The Morgan fingerprint density at radius 2 is 1.93 bits per heavy atom. The number of allylic oxidation sites excluding steroid dienone is 1. The summed E-state index contributed by atoms with van der Waals surface area (Å²) in [5.41, 5.74) is 8.49. The lowest BCUT2D eigenvalue weighted by Gasteiger charge is -2.36. The fourth-order valence-corrected chi connectivity index (χ4v) is 5.60. The molecule has 2 aliphatic rings. The van der Waals surface area contributed by atoms with E-state index in [9.17, 15) is 14.0 Å². The zero-order valence-electron chi connectivity index (χ0n) is 23.3. The molecule has 11 nitrogen and oxygen atoms in total. The van der Waals surface area contributed by atoms with E-state index in [2.05, 4.69) is 46.9 Å². The summed E-state index contributed by atoms with van der Waals surface area (Å²) in [6, 6.07) is 10.4. The van der Waals surface area contributed by atoms with Gasteiger partial charge in [0.15, 0.2) is 5.66 Å². The monoisotopic (exact) mass is 571 g/mol. The average molecular weight is 572 g/mol. The van der Waals surface area contributed by atoms with Crippen molar-refractivity contribution in [3.8, 4) is 11.4 Å². The number of H-pyrrole nitrogens is 2. The zero-order valence-corrected chi connectivity index (χ0v) is 23.3. The van der Waals surface area contributed by atoms with Crippen LogP contribution in [0.1, 0.15) is 25.7 Å². The van der Waals surface area contributed by atoms with Gasteiger partial charge in [0.2, 0.25) is 5.91 Å². The predicted octanol–water partition coefficient (Wildman–Crippen LogP) is 3.94. The number of nitrogens with one attached hydrogen (secondary N) is 3. The number of rotatable bonds is 11. The molecule has 0 saturated carbocycles. The van der Waals surface area contributed by atoms with Crippen molar-refractivity contribution in [2.24, 2.45) is 10.2 Å².